The highest BCUT2D eigenvalue weighted by atomic mass is 32.2. The van der Waals surface area contributed by atoms with E-state index >= 15 is 0 Å². The Morgan fingerprint density at radius 3 is 2.64 bits per heavy atom. The Hall–Kier alpha value is -1.70. The quantitative estimate of drug-likeness (QED) is 0.842. The average molecular weight is 361 g/mol. The Morgan fingerprint density at radius 1 is 1.12 bits per heavy atom. The third kappa shape index (κ3) is 3.23. The van der Waals surface area contributed by atoms with E-state index in [1.807, 2.05) is 30.3 Å². The van der Waals surface area contributed by atoms with Crippen LogP contribution in [0, 0.1) is 5.41 Å². The predicted octanol–water partition coefficient (Wildman–Crippen LogP) is 2.45. The van der Waals surface area contributed by atoms with E-state index in [1.165, 1.54) is 6.20 Å². The first-order chi connectivity index (χ1) is 12.1. The van der Waals surface area contributed by atoms with Crippen LogP contribution < -0.4 is 0 Å². The van der Waals surface area contributed by atoms with Crippen LogP contribution in [0.4, 0.5) is 0 Å². The molecular formula is C18H23N3O3S. The van der Waals surface area contributed by atoms with Crippen LogP contribution in [0.15, 0.2) is 47.6 Å². The lowest BCUT2D eigenvalue weighted by Crippen LogP contribution is -2.40. The molecule has 0 amide bonds. The van der Waals surface area contributed by atoms with Crippen molar-refractivity contribution in [2.75, 3.05) is 26.3 Å². The lowest BCUT2D eigenvalue weighted by Gasteiger charge is -2.30. The predicted molar refractivity (Wildman–Crippen MR) is 94.0 cm³/mol. The number of aromatic nitrogens is 2. The van der Waals surface area contributed by atoms with Gasteiger partial charge in [-0.15, -0.1) is 0 Å². The van der Waals surface area contributed by atoms with E-state index in [1.54, 1.807) is 15.2 Å². The summed E-state index contributed by atoms with van der Waals surface area (Å²) in [6.45, 7) is 2.07. The summed E-state index contributed by atoms with van der Waals surface area (Å²) in [6.07, 6.45) is 7.43. The van der Waals surface area contributed by atoms with Crippen LogP contribution in [0.2, 0.25) is 0 Å². The van der Waals surface area contributed by atoms with Crippen molar-refractivity contribution >= 4 is 10.0 Å². The van der Waals surface area contributed by atoms with E-state index in [-0.39, 0.29) is 10.3 Å². The first-order valence-electron chi connectivity index (χ1n) is 8.77. The van der Waals surface area contributed by atoms with Crippen LogP contribution in [0.25, 0.3) is 5.69 Å². The molecule has 1 saturated heterocycles. The molecule has 1 spiro atoms. The summed E-state index contributed by atoms with van der Waals surface area (Å²) in [4.78, 5) is 0.242. The number of hydrogen-bond acceptors (Lipinski definition) is 4. The fourth-order valence-electron chi connectivity index (χ4n) is 3.90. The van der Waals surface area contributed by atoms with Gasteiger partial charge in [0.05, 0.1) is 31.3 Å². The van der Waals surface area contributed by atoms with Gasteiger partial charge < -0.3 is 4.74 Å². The third-order valence-electron chi connectivity index (χ3n) is 5.29. The minimum absolute atomic E-state index is 0.0149. The van der Waals surface area contributed by atoms with Crippen molar-refractivity contribution in [3.05, 3.63) is 42.7 Å². The molecule has 6 nitrogen and oxygen atoms in total. The van der Waals surface area contributed by atoms with Gasteiger partial charge in [-0.1, -0.05) is 31.0 Å². The largest absolute Gasteiger partial charge is 0.379 e. The van der Waals surface area contributed by atoms with Gasteiger partial charge in [0.1, 0.15) is 4.90 Å². The first-order valence-corrected chi connectivity index (χ1v) is 10.2. The summed E-state index contributed by atoms with van der Waals surface area (Å²) >= 11 is 0. The molecule has 7 heteroatoms. The summed E-state index contributed by atoms with van der Waals surface area (Å²) < 4.78 is 35.2. The van der Waals surface area contributed by atoms with Gasteiger partial charge in [0, 0.05) is 18.5 Å². The normalized spacial score (nSPS) is 21.4. The van der Waals surface area contributed by atoms with Crippen LogP contribution in [0.5, 0.6) is 0 Å². The summed E-state index contributed by atoms with van der Waals surface area (Å²) in [5.74, 6) is 0. The second-order valence-electron chi connectivity index (χ2n) is 7.05. The van der Waals surface area contributed by atoms with Crippen molar-refractivity contribution in [3.8, 4) is 5.69 Å². The van der Waals surface area contributed by atoms with Crippen LogP contribution in [-0.2, 0) is 14.8 Å². The molecule has 2 aromatic rings. The Bertz CT molecular complexity index is 826. The van der Waals surface area contributed by atoms with Crippen molar-refractivity contribution in [2.24, 2.45) is 5.41 Å². The zero-order valence-electron chi connectivity index (χ0n) is 14.2. The number of para-hydroxylation sites is 1. The summed E-state index contributed by atoms with van der Waals surface area (Å²) in [5, 5.41) is 4.24. The zero-order valence-corrected chi connectivity index (χ0v) is 15.0. The highest BCUT2D eigenvalue weighted by Gasteiger charge is 2.41. The number of rotatable bonds is 3. The molecule has 25 heavy (non-hydrogen) atoms. The molecule has 2 fully saturated rings. The zero-order chi connectivity index (χ0) is 17.3. The number of benzene rings is 1. The van der Waals surface area contributed by atoms with Crippen molar-refractivity contribution in [1.29, 1.82) is 0 Å². The van der Waals surface area contributed by atoms with Crippen molar-refractivity contribution in [3.63, 3.8) is 0 Å². The average Bonchev–Trinajstić information content (AvgIpc) is 3.23. The summed E-state index contributed by atoms with van der Waals surface area (Å²) in [5.41, 5.74) is 0.828. The number of hydrogen-bond donors (Lipinski definition) is 0. The molecule has 2 aliphatic rings. The third-order valence-corrected chi connectivity index (χ3v) is 7.08. The first kappa shape index (κ1) is 16.8. The summed E-state index contributed by atoms with van der Waals surface area (Å²) in [7, 11) is -3.57. The van der Waals surface area contributed by atoms with Crippen molar-refractivity contribution in [1.82, 2.24) is 14.1 Å². The van der Waals surface area contributed by atoms with E-state index in [2.05, 4.69) is 5.10 Å². The second-order valence-corrected chi connectivity index (χ2v) is 8.99. The fraction of sp³-hybridized carbons (Fsp3) is 0.500. The molecule has 1 aromatic heterocycles. The van der Waals surface area contributed by atoms with E-state index in [4.69, 9.17) is 4.74 Å². The Morgan fingerprint density at radius 2 is 1.88 bits per heavy atom. The van der Waals surface area contributed by atoms with Gasteiger partial charge in [0.15, 0.2) is 0 Å². The highest BCUT2D eigenvalue weighted by molar-refractivity contribution is 7.89. The van der Waals surface area contributed by atoms with E-state index in [0.717, 1.165) is 31.4 Å². The van der Waals surface area contributed by atoms with Crippen LogP contribution in [0.3, 0.4) is 0 Å². The van der Waals surface area contributed by atoms with E-state index in [0.29, 0.717) is 26.3 Å². The van der Waals surface area contributed by atoms with Gasteiger partial charge in [-0.05, 0) is 25.0 Å². The van der Waals surface area contributed by atoms with E-state index in [9.17, 15) is 8.42 Å². The molecule has 1 aliphatic heterocycles. The van der Waals surface area contributed by atoms with Gasteiger partial charge in [-0.3, -0.25) is 0 Å². The SMILES string of the molecule is O=S(=O)(c1cnn(-c2ccccc2)c1)N1CCOCC2(CCCC2)C1. The molecule has 1 aliphatic carbocycles. The smallest absolute Gasteiger partial charge is 0.246 e. The Balaban J connectivity index is 1.61. The van der Waals surface area contributed by atoms with Gasteiger partial charge in [-0.2, -0.15) is 9.40 Å². The lowest BCUT2D eigenvalue weighted by atomic mass is 9.87. The molecule has 0 atom stereocenters. The summed E-state index contributed by atoms with van der Waals surface area (Å²) in [6, 6.07) is 9.53. The van der Waals surface area contributed by atoms with Crippen molar-refractivity contribution in [2.45, 2.75) is 30.6 Å². The number of sulfonamides is 1. The Labute approximate surface area is 148 Å². The molecule has 0 radical (unpaired) electrons. The second kappa shape index (κ2) is 6.55. The molecule has 0 unspecified atom stereocenters. The number of nitrogens with zero attached hydrogens (tertiary/aromatic N) is 3. The molecule has 0 bridgehead atoms. The van der Waals surface area contributed by atoms with Gasteiger partial charge in [0.2, 0.25) is 10.0 Å². The minimum atomic E-state index is -3.57. The van der Waals surface area contributed by atoms with Gasteiger partial charge >= 0.3 is 0 Å². The highest BCUT2D eigenvalue weighted by Crippen LogP contribution is 2.41. The molecule has 0 N–H and O–H groups in total. The standard InChI is InChI=1S/C18H23N3O3S/c22-25(23,17-12-19-21(13-17)16-6-2-1-3-7-16)20-10-11-24-15-18(14-20)8-4-5-9-18/h1-3,6-7,12-13H,4-5,8-11,14-15H2. The topological polar surface area (TPSA) is 64.4 Å². The lowest BCUT2D eigenvalue weighted by molar-refractivity contribution is 0.0724. The fourth-order valence-corrected chi connectivity index (χ4v) is 5.37. The van der Waals surface area contributed by atoms with Crippen LogP contribution in [0.1, 0.15) is 25.7 Å². The maximum Gasteiger partial charge on any atom is 0.246 e. The monoisotopic (exact) mass is 361 g/mol. The molecule has 134 valence electrons. The van der Waals surface area contributed by atoms with Crippen LogP contribution >= 0.6 is 0 Å². The maximum atomic E-state index is 13.1. The number of ether oxygens (including phenoxy) is 1. The molecule has 4 rings (SSSR count). The molecule has 1 saturated carbocycles. The van der Waals surface area contributed by atoms with Crippen molar-refractivity contribution < 1.29 is 13.2 Å². The maximum absolute atomic E-state index is 13.1. The molecule has 1 aromatic carbocycles. The van der Waals surface area contributed by atoms with Crippen LogP contribution in [-0.4, -0.2) is 48.8 Å². The van der Waals surface area contributed by atoms with Gasteiger partial charge in [0.25, 0.3) is 0 Å². The molecule has 2 heterocycles. The minimum Gasteiger partial charge on any atom is -0.379 e. The molecular weight excluding hydrogens is 338 g/mol. The van der Waals surface area contributed by atoms with Gasteiger partial charge in [-0.25, -0.2) is 13.1 Å². The Kier molecular flexibility index (Phi) is 4.39. The van der Waals surface area contributed by atoms with E-state index < -0.39 is 10.0 Å².